The van der Waals surface area contributed by atoms with Crippen LogP contribution in [0.3, 0.4) is 0 Å². The van der Waals surface area contributed by atoms with E-state index in [-0.39, 0.29) is 17.2 Å². The molecule has 24 heavy (non-hydrogen) atoms. The number of hydrogen-bond donors (Lipinski definition) is 0. The topological polar surface area (TPSA) is 66.4 Å². The normalized spacial score (nSPS) is 19.9. The number of thiophene rings is 1. The molecule has 124 valence electrons. The van der Waals surface area contributed by atoms with Crippen LogP contribution in [0.1, 0.15) is 29.8 Å². The highest BCUT2D eigenvalue weighted by Gasteiger charge is 2.49. The van der Waals surface area contributed by atoms with E-state index in [1.165, 1.54) is 12.4 Å². The first-order valence-electron chi connectivity index (χ1n) is 8.09. The van der Waals surface area contributed by atoms with Gasteiger partial charge in [0.1, 0.15) is 5.69 Å². The van der Waals surface area contributed by atoms with E-state index in [0.717, 1.165) is 31.5 Å². The first kappa shape index (κ1) is 15.3. The van der Waals surface area contributed by atoms with Crippen molar-refractivity contribution in [3.63, 3.8) is 0 Å². The molecule has 2 aliphatic heterocycles. The molecule has 0 aromatic carbocycles. The van der Waals surface area contributed by atoms with E-state index in [0.29, 0.717) is 18.8 Å². The second kappa shape index (κ2) is 5.98. The van der Waals surface area contributed by atoms with Gasteiger partial charge in [-0.2, -0.15) is 11.3 Å². The van der Waals surface area contributed by atoms with Crippen LogP contribution in [0.25, 0.3) is 0 Å². The molecule has 6 nitrogen and oxygen atoms in total. The van der Waals surface area contributed by atoms with Gasteiger partial charge in [-0.25, -0.2) is 4.98 Å². The van der Waals surface area contributed by atoms with Crippen molar-refractivity contribution in [2.45, 2.75) is 19.3 Å². The molecule has 0 radical (unpaired) electrons. The van der Waals surface area contributed by atoms with Gasteiger partial charge in [0, 0.05) is 37.4 Å². The molecule has 2 saturated heterocycles. The number of nitrogens with zero attached hydrogens (tertiary/aromatic N) is 4. The zero-order chi connectivity index (χ0) is 16.6. The fraction of sp³-hybridized carbons (Fsp3) is 0.412. The molecule has 2 amide bonds. The molecule has 0 atom stereocenters. The van der Waals surface area contributed by atoms with Gasteiger partial charge in [0.25, 0.3) is 5.91 Å². The van der Waals surface area contributed by atoms with Crippen LogP contribution in [0.15, 0.2) is 35.4 Å². The first-order valence-corrected chi connectivity index (χ1v) is 9.03. The van der Waals surface area contributed by atoms with Crippen molar-refractivity contribution in [3.8, 4) is 0 Å². The number of likely N-dealkylation sites (tertiary alicyclic amines) is 1. The Morgan fingerprint density at radius 2 is 1.96 bits per heavy atom. The largest absolute Gasteiger partial charge is 0.337 e. The van der Waals surface area contributed by atoms with Gasteiger partial charge in [-0.15, -0.1) is 0 Å². The lowest BCUT2D eigenvalue weighted by Gasteiger charge is -2.37. The molecule has 4 heterocycles. The van der Waals surface area contributed by atoms with Gasteiger partial charge in [0.15, 0.2) is 0 Å². The number of carbonyl (C=O) groups excluding carboxylic acids is 2. The zero-order valence-corrected chi connectivity index (χ0v) is 14.0. The maximum absolute atomic E-state index is 12.9. The van der Waals surface area contributed by atoms with Crippen molar-refractivity contribution >= 4 is 28.8 Å². The van der Waals surface area contributed by atoms with Crippen molar-refractivity contribution in [2.75, 3.05) is 24.5 Å². The molecule has 2 fully saturated rings. The zero-order valence-electron chi connectivity index (χ0n) is 13.2. The quantitative estimate of drug-likeness (QED) is 0.839. The minimum atomic E-state index is -0.304. The van der Waals surface area contributed by atoms with Gasteiger partial charge in [-0.3, -0.25) is 14.6 Å². The lowest BCUT2D eigenvalue weighted by Crippen LogP contribution is -2.46. The predicted molar refractivity (Wildman–Crippen MR) is 90.9 cm³/mol. The molecule has 0 aliphatic carbocycles. The molecular formula is C17H18N4O2S. The number of anilines is 1. The summed E-state index contributed by atoms with van der Waals surface area (Å²) in [6.45, 7) is 1.96. The number of aromatic nitrogens is 2. The molecule has 0 bridgehead atoms. The summed E-state index contributed by atoms with van der Waals surface area (Å²) in [5.41, 5.74) is 1.06. The average Bonchev–Trinajstić information content (AvgIpc) is 3.26. The molecule has 4 rings (SSSR count). The van der Waals surface area contributed by atoms with Gasteiger partial charge in [-0.05, 0) is 30.7 Å². The number of hydrogen-bond acceptors (Lipinski definition) is 5. The van der Waals surface area contributed by atoms with Gasteiger partial charge in [0.2, 0.25) is 5.91 Å². The van der Waals surface area contributed by atoms with Crippen LogP contribution in [0, 0.1) is 5.41 Å². The highest BCUT2D eigenvalue weighted by atomic mass is 32.1. The van der Waals surface area contributed by atoms with Crippen molar-refractivity contribution < 1.29 is 9.59 Å². The van der Waals surface area contributed by atoms with Gasteiger partial charge < -0.3 is 9.80 Å². The standard InChI is InChI=1S/C17H18N4O2S/c22-15(14-11-18-5-6-19-14)20-7-2-17(3-8-20)4-9-21(16(17)23)13-1-10-24-12-13/h1,5-6,10-12H,2-4,7-9H2. The Bertz CT molecular complexity index is 739. The van der Waals surface area contributed by atoms with Crippen molar-refractivity contribution in [1.82, 2.24) is 14.9 Å². The summed E-state index contributed by atoms with van der Waals surface area (Å²) < 4.78 is 0. The summed E-state index contributed by atoms with van der Waals surface area (Å²) in [6, 6.07) is 1.99. The lowest BCUT2D eigenvalue weighted by molar-refractivity contribution is -0.127. The molecule has 2 aliphatic rings. The van der Waals surface area contributed by atoms with Crippen LogP contribution in [-0.4, -0.2) is 46.3 Å². The number of carbonyl (C=O) groups is 2. The van der Waals surface area contributed by atoms with Gasteiger partial charge in [-0.1, -0.05) is 0 Å². The minimum Gasteiger partial charge on any atom is -0.337 e. The number of piperidine rings is 1. The third kappa shape index (κ3) is 2.49. The van der Waals surface area contributed by atoms with Crippen LogP contribution in [0.2, 0.25) is 0 Å². The van der Waals surface area contributed by atoms with Crippen molar-refractivity contribution in [3.05, 3.63) is 41.1 Å². The Kier molecular flexibility index (Phi) is 3.80. The fourth-order valence-corrected chi connectivity index (χ4v) is 4.29. The summed E-state index contributed by atoms with van der Waals surface area (Å²) in [5.74, 6) is 0.116. The first-order chi connectivity index (χ1) is 11.7. The van der Waals surface area contributed by atoms with Crippen LogP contribution in [0.5, 0.6) is 0 Å². The van der Waals surface area contributed by atoms with Crippen LogP contribution in [0.4, 0.5) is 5.69 Å². The van der Waals surface area contributed by atoms with Crippen molar-refractivity contribution in [2.24, 2.45) is 5.41 Å². The molecule has 1 spiro atoms. The molecule has 0 N–H and O–H groups in total. The molecule has 2 aromatic rings. The SMILES string of the molecule is O=C(c1cnccn1)N1CCC2(CC1)CCN(c1ccsc1)C2=O. The summed E-state index contributed by atoms with van der Waals surface area (Å²) >= 11 is 1.61. The smallest absolute Gasteiger partial charge is 0.274 e. The van der Waals surface area contributed by atoms with Crippen molar-refractivity contribution in [1.29, 1.82) is 0 Å². The second-order valence-electron chi connectivity index (χ2n) is 6.35. The minimum absolute atomic E-state index is 0.0990. The van der Waals surface area contributed by atoms with E-state index in [4.69, 9.17) is 0 Å². The van der Waals surface area contributed by atoms with Crippen LogP contribution >= 0.6 is 11.3 Å². The Balaban J connectivity index is 1.45. The second-order valence-corrected chi connectivity index (χ2v) is 7.13. The van der Waals surface area contributed by atoms with Crippen LogP contribution in [-0.2, 0) is 4.79 Å². The van der Waals surface area contributed by atoms with E-state index in [9.17, 15) is 9.59 Å². The van der Waals surface area contributed by atoms with Gasteiger partial charge >= 0.3 is 0 Å². The molecule has 0 unspecified atom stereocenters. The molecule has 2 aromatic heterocycles. The van der Waals surface area contributed by atoms with E-state index in [1.807, 2.05) is 21.7 Å². The third-order valence-electron chi connectivity index (χ3n) is 5.12. The summed E-state index contributed by atoms with van der Waals surface area (Å²) in [5, 5.41) is 4.01. The maximum Gasteiger partial charge on any atom is 0.274 e. The van der Waals surface area contributed by atoms with E-state index in [1.54, 1.807) is 22.4 Å². The molecule has 7 heteroatoms. The fourth-order valence-electron chi connectivity index (χ4n) is 3.65. The summed E-state index contributed by atoms with van der Waals surface area (Å²) in [6.07, 6.45) is 6.88. The average molecular weight is 342 g/mol. The van der Waals surface area contributed by atoms with E-state index < -0.39 is 0 Å². The summed E-state index contributed by atoms with van der Waals surface area (Å²) in [4.78, 5) is 37.1. The molecule has 0 saturated carbocycles. The lowest BCUT2D eigenvalue weighted by atomic mass is 9.77. The maximum atomic E-state index is 12.9. The highest BCUT2D eigenvalue weighted by Crippen LogP contribution is 2.43. The van der Waals surface area contributed by atoms with Crippen LogP contribution < -0.4 is 4.90 Å². The third-order valence-corrected chi connectivity index (χ3v) is 5.79. The Hall–Kier alpha value is -2.28. The number of amides is 2. The van der Waals surface area contributed by atoms with E-state index in [2.05, 4.69) is 9.97 Å². The Morgan fingerprint density at radius 1 is 1.17 bits per heavy atom. The monoisotopic (exact) mass is 342 g/mol. The molecular weight excluding hydrogens is 324 g/mol. The summed E-state index contributed by atoms with van der Waals surface area (Å²) in [7, 11) is 0. The number of rotatable bonds is 2. The van der Waals surface area contributed by atoms with Gasteiger partial charge in [0.05, 0.1) is 17.3 Å². The predicted octanol–water partition coefficient (Wildman–Crippen LogP) is 2.20. The van der Waals surface area contributed by atoms with E-state index >= 15 is 0 Å². The Morgan fingerprint density at radius 3 is 2.62 bits per heavy atom. The highest BCUT2D eigenvalue weighted by molar-refractivity contribution is 7.08. The Labute approximate surface area is 144 Å².